The summed E-state index contributed by atoms with van der Waals surface area (Å²) < 4.78 is 25.6. The lowest BCUT2D eigenvalue weighted by atomic mass is 10.1. The quantitative estimate of drug-likeness (QED) is 0.878. The molecule has 1 unspecified atom stereocenters. The first-order valence-electron chi connectivity index (χ1n) is 7.73. The summed E-state index contributed by atoms with van der Waals surface area (Å²) in [6.45, 7) is 6.50. The van der Waals surface area contributed by atoms with Crippen LogP contribution in [-0.2, 0) is 21.4 Å². The van der Waals surface area contributed by atoms with Crippen LogP contribution < -0.4 is 5.32 Å². The molecule has 1 heterocycles. The lowest BCUT2D eigenvalue weighted by molar-refractivity contribution is -0.124. The molecule has 2 rings (SSSR count). The van der Waals surface area contributed by atoms with E-state index in [-0.39, 0.29) is 17.6 Å². The molecule has 1 atom stereocenters. The Balaban J connectivity index is 2.06. The SMILES string of the molecule is Cc1c(Cl)cccc1CNC(=O)C1CCS(=O)(=O)N1CC(C)C. The van der Waals surface area contributed by atoms with Gasteiger partial charge < -0.3 is 5.32 Å². The van der Waals surface area contributed by atoms with E-state index < -0.39 is 16.1 Å². The van der Waals surface area contributed by atoms with Crippen LogP contribution in [0.1, 0.15) is 31.4 Å². The molecule has 1 aliphatic heterocycles. The summed E-state index contributed by atoms with van der Waals surface area (Å²) in [5.41, 5.74) is 1.86. The van der Waals surface area contributed by atoms with Gasteiger partial charge in [-0.05, 0) is 36.5 Å². The van der Waals surface area contributed by atoms with Crippen LogP contribution in [0.3, 0.4) is 0 Å². The smallest absolute Gasteiger partial charge is 0.238 e. The fraction of sp³-hybridized carbons (Fsp3) is 0.562. The summed E-state index contributed by atoms with van der Waals surface area (Å²) in [6.07, 6.45) is 0.343. The second-order valence-corrected chi connectivity index (χ2v) is 8.77. The fourth-order valence-electron chi connectivity index (χ4n) is 2.72. The minimum absolute atomic E-state index is 0.0357. The lowest BCUT2D eigenvalue weighted by Gasteiger charge is -2.24. The number of carbonyl (C=O) groups is 1. The molecule has 0 radical (unpaired) electrons. The molecule has 0 aromatic heterocycles. The molecule has 0 spiro atoms. The first kappa shape index (κ1) is 18.2. The summed E-state index contributed by atoms with van der Waals surface area (Å²) in [5.74, 6) is -0.0342. The number of rotatable bonds is 5. The van der Waals surface area contributed by atoms with E-state index >= 15 is 0 Å². The second kappa shape index (κ2) is 7.20. The van der Waals surface area contributed by atoms with Crippen LogP contribution in [0.4, 0.5) is 0 Å². The normalized spacial score (nSPS) is 20.8. The molecular weight excluding hydrogens is 336 g/mol. The highest BCUT2D eigenvalue weighted by molar-refractivity contribution is 7.89. The molecule has 128 valence electrons. The number of hydrogen-bond donors (Lipinski definition) is 1. The van der Waals surface area contributed by atoms with Crippen molar-refractivity contribution in [2.24, 2.45) is 5.92 Å². The Kier molecular flexibility index (Phi) is 5.70. The Morgan fingerprint density at radius 1 is 1.43 bits per heavy atom. The number of amides is 1. The molecular formula is C16H23ClN2O3S. The van der Waals surface area contributed by atoms with E-state index in [1.807, 2.05) is 32.9 Å². The van der Waals surface area contributed by atoms with Crippen LogP contribution in [0.5, 0.6) is 0 Å². The number of hydrogen-bond acceptors (Lipinski definition) is 3. The second-order valence-electron chi connectivity index (χ2n) is 6.33. The van der Waals surface area contributed by atoms with Crippen LogP contribution >= 0.6 is 11.6 Å². The summed E-state index contributed by atoms with van der Waals surface area (Å²) >= 11 is 6.07. The molecule has 0 aliphatic carbocycles. The van der Waals surface area contributed by atoms with E-state index in [2.05, 4.69) is 5.32 Å². The zero-order valence-corrected chi connectivity index (χ0v) is 15.2. The lowest BCUT2D eigenvalue weighted by Crippen LogP contribution is -2.45. The number of carbonyl (C=O) groups excluding carboxylic acids is 1. The van der Waals surface area contributed by atoms with E-state index in [0.29, 0.717) is 24.5 Å². The molecule has 1 fully saturated rings. The molecule has 0 bridgehead atoms. The Morgan fingerprint density at radius 2 is 2.13 bits per heavy atom. The average Bonchev–Trinajstić information content (AvgIpc) is 2.75. The molecule has 1 aliphatic rings. The van der Waals surface area contributed by atoms with Gasteiger partial charge in [-0.3, -0.25) is 4.79 Å². The Bertz CT molecular complexity index is 689. The number of halogens is 1. The predicted octanol–water partition coefficient (Wildman–Crippen LogP) is 2.32. The Labute approximate surface area is 143 Å². The van der Waals surface area contributed by atoms with E-state index in [9.17, 15) is 13.2 Å². The van der Waals surface area contributed by atoms with Crippen LogP contribution in [0.2, 0.25) is 5.02 Å². The summed E-state index contributed by atoms with van der Waals surface area (Å²) in [6, 6.07) is 4.93. The highest BCUT2D eigenvalue weighted by Gasteiger charge is 2.41. The largest absolute Gasteiger partial charge is 0.351 e. The van der Waals surface area contributed by atoms with Crippen LogP contribution in [-0.4, -0.2) is 37.0 Å². The standard InChI is InChI=1S/C16H23ClN2O3S/c1-11(2)10-19-15(7-8-23(19,21)22)16(20)18-9-13-5-4-6-14(17)12(13)3/h4-6,11,15H,7-10H2,1-3H3,(H,18,20). The van der Waals surface area contributed by atoms with Crippen molar-refractivity contribution in [2.75, 3.05) is 12.3 Å². The van der Waals surface area contributed by atoms with Crippen molar-refractivity contribution in [1.29, 1.82) is 0 Å². The van der Waals surface area contributed by atoms with Crippen LogP contribution in [0.25, 0.3) is 0 Å². The van der Waals surface area contributed by atoms with E-state index in [0.717, 1.165) is 11.1 Å². The monoisotopic (exact) mass is 358 g/mol. The van der Waals surface area contributed by atoms with Crippen molar-refractivity contribution in [3.8, 4) is 0 Å². The number of sulfonamides is 1. The summed E-state index contributed by atoms with van der Waals surface area (Å²) in [5, 5.41) is 3.50. The van der Waals surface area contributed by atoms with Crippen LogP contribution in [0, 0.1) is 12.8 Å². The Morgan fingerprint density at radius 3 is 2.78 bits per heavy atom. The predicted molar refractivity (Wildman–Crippen MR) is 91.8 cm³/mol. The van der Waals surface area contributed by atoms with Gasteiger partial charge in [0, 0.05) is 18.1 Å². The summed E-state index contributed by atoms with van der Waals surface area (Å²) in [4.78, 5) is 12.4. The van der Waals surface area contributed by atoms with E-state index in [4.69, 9.17) is 11.6 Å². The third-order valence-corrected chi connectivity index (χ3v) is 6.31. The average molecular weight is 359 g/mol. The van der Waals surface area contributed by atoms with Gasteiger partial charge in [0.25, 0.3) is 0 Å². The molecule has 7 heteroatoms. The van der Waals surface area contributed by atoms with E-state index in [1.54, 1.807) is 6.07 Å². The van der Waals surface area contributed by atoms with Crippen molar-refractivity contribution in [1.82, 2.24) is 9.62 Å². The molecule has 1 aromatic carbocycles. The Hall–Kier alpha value is -1.11. The number of nitrogens with zero attached hydrogens (tertiary/aromatic N) is 1. The van der Waals surface area contributed by atoms with E-state index in [1.165, 1.54) is 4.31 Å². The molecule has 5 nitrogen and oxygen atoms in total. The van der Waals surface area contributed by atoms with Gasteiger partial charge in [0.05, 0.1) is 5.75 Å². The third-order valence-electron chi connectivity index (χ3n) is 4.03. The van der Waals surface area contributed by atoms with Gasteiger partial charge in [0.15, 0.2) is 0 Å². The van der Waals surface area contributed by atoms with Gasteiger partial charge in [-0.15, -0.1) is 0 Å². The first-order chi connectivity index (χ1) is 10.7. The zero-order chi connectivity index (χ0) is 17.2. The maximum atomic E-state index is 12.4. The summed E-state index contributed by atoms with van der Waals surface area (Å²) in [7, 11) is -3.32. The van der Waals surface area contributed by atoms with Crippen LogP contribution in [0.15, 0.2) is 18.2 Å². The minimum Gasteiger partial charge on any atom is -0.351 e. The molecule has 1 amide bonds. The number of nitrogens with one attached hydrogen (secondary N) is 1. The van der Waals surface area contributed by atoms with Crippen molar-refractivity contribution in [3.05, 3.63) is 34.3 Å². The molecule has 0 saturated carbocycles. The van der Waals surface area contributed by atoms with Gasteiger partial charge in [0.2, 0.25) is 15.9 Å². The fourth-order valence-corrected chi connectivity index (χ4v) is 4.79. The van der Waals surface area contributed by atoms with Gasteiger partial charge in [-0.25, -0.2) is 8.42 Å². The number of benzene rings is 1. The van der Waals surface area contributed by atoms with Gasteiger partial charge in [-0.1, -0.05) is 37.6 Å². The van der Waals surface area contributed by atoms with Crippen molar-refractivity contribution < 1.29 is 13.2 Å². The zero-order valence-electron chi connectivity index (χ0n) is 13.7. The minimum atomic E-state index is -3.32. The van der Waals surface area contributed by atoms with Gasteiger partial charge in [0.1, 0.15) is 6.04 Å². The highest BCUT2D eigenvalue weighted by Crippen LogP contribution is 2.23. The molecule has 1 saturated heterocycles. The maximum absolute atomic E-state index is 12.4. The maximum Gasteiger partial charge on any atom is 0.238 e. The van der Waals surface area contributed by atoms with Gasteiger partial charge in [-0.2, -0.15) is 4.31 Å². The highest BCUT2D eigenvalue weighted by atomic mass is 35.5. The van der Waals surface area contributed by atoms with Gasteiger partial charge >= 0.3 is 0 Å². The topological polar surface area (TPSA) is 66.5 Å². The van der Waals surface area contributed by atoms with Crippen molar-refractivity contribution in [3.63, 3.8) is 0 Å². The van der Waals surface area contributed by atoms with Crippen molar-refractivity contribution >= 4 is 27.5 Å². The third kappa shape index (κ3) is 4.25. The molecule has 23 heavy (non-hydrogen) atoms. The molecule has 1 aromatic rings. The first-order valence-corrected chi connectivity index (χ1v) is 9.72. The molecule has 1 N–H and O–H groups in total. The van der Waals surface area contributed by atoms with Crippen molar-refractivity contribution in [2.45, 2.75) is 39.8 Å².